The smallest absolute Gasteiger partial charge is 0.387 e. The van der Waals surface area contributed by atoms with Crippen LogP contribution >= 0.6 is 11.8 Å². The highest BCUT2D eigenvalue weighted by Gasteiger charge is 2.31. The number of methoxy groups -OCH3 is 1. The summed E-state index contributed by atoms with van der Waals surface area (Å²) in [5, 5.41) is 5.05. The summed E-state index contributed by atoms with van der Waals surface area (Å²) in [5.74, 6) is 0.369. The number of nitrogens with one attached hydrogen (secondary N) is 2. The van der Waals surface area contributed by atoms with Gasteiger partial charge >= 0.3 is 6.61 Å². The summed E-state index contributed by atoms with van der Waals surface area (Å²) in [4.78, 5) is 24.7. The van der Waals surface area contributed by atoms with E-state index in [0.29, 0.717) is 16.9 Å². The van der Waals surface area contributed by atoms with E-state index in [1.165, 1.54) is 24.9 Å². The monoisotopic (exact) mass is 399 g/mol. The van der Waals surface area contributed by atoms with Gasteiger partial charge in [0.1, 0.15) is 5.82 Å². The van der Waals surface area contributed by atoms with Crippen molar-refractivity contribution >= 4 is 23.5 Å². The van der Waals surface area contributed by atoms with Crippen molar-refractivity contribution in [1.29, 1.82) is 0 Å². The Balaban J connectivity index is 2.10. The zero-order valence-corrected chi connectivity index (χ0v) is 15.7. The average Bonchev–Trinajstić information content (AvgIpc) is 2.81. The molecule has 0 aliphatic carbocycles. The molecule has 2 N–H and O–H groups in total. The number of hydrogen-bond donors (Lipinski definition) is 2. The molecule has 2 aromatic rings. The Bertz CT molecular complexity index is 910. The molecule has 0 unspecified atom stereocenters. The maximum absolute atomic E-state index is 12.6. The van der Waals surface area contributed by atoms with Crippen molar-refractivity contribution in [2.75, 3.05) is 18.2 Å². The number of H-pyrrole nitrogens is 1. The van der Waals surface area contributed by atoms with Crippen LogP contribution in [0.5, 0.6) is 11.5 Å². The van der Waals surface area contributed by atoms with Crippen LogP contribution in [0.2, 0.25) is 0 Å². The van der Waals surface area contributed by atoms with Gasteiger partial charge in [0.25, 0.3) is 5.56 Å². The minimum absolute atomic E-state index is 0.0677. The van der Waals surface area contributed by atoms with Gasteiger partial charge in [-0.15, -0.1) is 11.8 Å². The number of nitrogens with zero attached hydrogens (tertiary/aromatic N) is 1. The summed E-state index contributed by atoms with van der Waals surface area (Å²) in [6.45, 7) is 0.789. The Labute approximate surface area is 158 Å². The highest BCUT2D eigenvalue weighted by atomic mass is 32.2. The number of halogens is 2. The van der Waals surface area contributed by atoms with E-state index < -0.39 is 11.9 Å². The van der Waals surface area contributed by atoms with Crippen molar-refractivity contribution < 1.29 is 23.0 Å². The summed E-state index contributed by atoms with van der Waals surface area (Å²) < 4.78 is 36.3. The van der Waals surface area contributed by atoms with E-state index in [-0.39, 0.29) is 34.8 Å². The summed E-state index contributed by atoms with van der Waals surface area (Å²) in [6.07, 6.45) is 0. The fourth-order valence-electron chi connectivity index (χ4n) is 2.93. The molecule has 1 aromatic heterocycles. The van der Waals surface area contributed by atoms with E-state index >= 15 is 0 Å². The van der Waals surface area contributed by atoms with Gasteiger partial charge in [0.2, 0.25) is 5.91 Å². The van der Waals surface area contributed by atoms with Crippen LogP contribution in [0.3, 0.4) is 0 Å². The number of amides is 1. The van der Waals surface area contributed by atoms with Crippen LogP contribution in [0.4, 0.5) is 14.6 Å². The Hall–Kier alpha value is -2.49. The van der Waals surface area contributed by atoms with Crippen molar-refractivity contribution in [3.63, 3.8) is 0 Å². The number of thioether (sulfide) groups is 1. The van der Waals surface area contributed by atoms with Gasteiger partial charge in [0.05, 0.1) is 23.7 Å². The number of aromatic amines is 1. The van der Waals surface area contributed by atoms with Crippen molar-refractivity contribution in [2.45, 2.75) is 31.8 Å². The van der Waals surface area contributed by atoms with E-state index in [4.69, 9.17) is 4.74 Å². The van der Waals surface area contributed by atoms with Gasteiger partial charge in [-0.1, -0.05) is 6.07 Å². The number of benzene rings is 1. The molecule has 2 heterocycles. The van der Waals surface area contributed by atoms with Crippen LogP contribution < -0.4 is 20.3 Å². The topological polar surface area (TPSA) is 85.4 Å². The summed E-state index contributed by atoms with van der Waals surface area (Å²) >= 11 is 1.28. The third-order valence-corrected chi connectivity index (χ3v) is 5.36. The first-order chi connectivity index (χ1) is 12.8. The Morgan fingerprint density at radius 2 is 2.00 bits per heavy atom. The number of aromatic nitrogens is 2. The Morgan fingerprint density at radius 1 is 1.26 bits per heavy atom. The van der Waals surface area contributed by atoms with Crippen molar-refractivity contribution in [3.05, 3.63) is 39.7 Å². The predicted octanol–water partition coefficient (Wildman–Crippen LogP) is 3.14. The number of carbonyl (C=O) groups is 1. The second kappa shape index (κ2) is 7.63. The molecule has 27 heavy (non-hydrogen) atoms. The molecule has 0 saturated carbocycles. The molecule has 1 aromatic carbocycles. The fourth-order valence-corrected chi connectivity index (χ4v) is 4.05. The zero-order chi connectivity index (χ0) is 19.7. The van der Waals surface area contributed by atoms with E-state index in [9.17, 15) is 18.4 Å². The maximum atomic E-state index is 12.6. The predicted molar refractivity (Wildman–Crippen MR) is 98.0 cm³/mol. The fraction of sp³-hybridized carbons (Fsp3) is 0.412. The SMILES string of the molecule is COc1cc([C@H]2SCC(=O)Nc3c2c(=O)[nH]n3C(C)C)ccc1OC(F)F. The zero-order valence-electron chi connectivity index (χ0n) is 14.9. The third-order valence-electron chi connectivity index (χ3n) is 4.09. The molecule has 3 rings (SSSR count). The van der Waals surface area contributed by atoms with Gasteiger partial charge in [-0.3, -0.25) is 19.4 Å². The molecular formula is C17H19F2N3O4S. The Kier molecular flexibility index (Phi) is 5.45. The number of fused-ring (bicyclic) bond motifs is 1. The van der Waals surface area contributed by atoms with E-state index in [0.717, 1.165) is 0 Å². The lowest BCUT2D eigenvalue weighted by Crippen LogP contribution is -2.17. The lowest BCUT2D eigenvalue weighted by atomic mass is 10.1. The standard InChI is InChI=1S/C17H19F2N3O4S/c1-8(2)22-15-13(16(24)21-22)14(27-7-12(23)20-15)9-4-5-10(26-17(18)19)11(6-9)25-3/h4-6,8,14,17H,7H2,1-3H3,(H,20,23)(H,21,24)/t14-/m1/s1. The van der Waals surface area contributed by atoms with Gasteiger partial charge in [-0.25, -0.2) is 0 Å². The molecule has 1 atom stereocenters. The first kappa shape index (κ1) is 19.3. The molecule has 1 aliphatic rings. The first-order valence-corrected chi connectivity index (χ1v) is 9.25. The molecular weight excluding hydrogens is 380 g/mol. The molecule has 0 bridgehead atoms. The number of ether oxygens (including phenoxy) is 2. The van der Waals surface area contributed by atoms with Gasteiger partial charge in [-0.2, -0.15) is 8.78 Å². The second-order valence-corrected chi connectivity index (χ2v) is 7.29. The van der Waals surface area contributed by atoms with Crippen LogP contribution in [-0.4, -0.2) is 35.2 Å². The van der Waals surface area contributed by atoms with E-state index in [2.05, 4.69) is 15.2 Å². The largest absolute Gasteiger partial charge is 0.493 e. The lowest BCUT2D eigenvalue weighted by Gasteiger charge is -2.17. The molecule has 7 nitrogen and oxygen atoms in total. The van der Waals surface area contributed by atoms with Gasteiger partial charge in [0, 0.05) is 6.04 Å². The van der Waals surface area contributed by atoms with Crippen LogP contribution in [-0.2, 0) is 4.79 Å². The number of anilines is 1. The number of alkyl halides is 2. The molecule has 10 heteroatoms. The van der Waals surface area contributed by atoms with Gasteiger partial charge in [-0.05, 0) is 31.5 Å². The summed E-state index contributed by atoms with van der Waals surface area (Å²) in [6, 6.07) is 4.43. The van der Waals surface area contributed by atoms with E-state index in [1.54, 1.807) is 16.8 Å². The van der Waals surface area contributed by atoms with Crippen molar-refractivity contribution in [2.24, 2.45) is 0 Å². The number of carbonyl (C=O) groups excluding carboxylic acids is 1. The van der Waals surface area contributed by atoms with Gasteiger partial charge in [0.15, 0.2) is 11.5 Å². The minimum atomic E-state index is -2.98. The molecule has 0 spiro atoms. The number of rotatable bonds is 5. The van der Waals surface area contributed by atoms with Crippen LogP contribution in [0.25, 0.3) is 0 Å². The summed E-state index contributed by atoms with van der Waals surface area (Å²) in [7, 11) is 1.34. The number of hydrogen-bond acceptors (Lipinski definition) is 5. The lowest BCUT2D eigenvalue weighted by molar-refractivity contribution is -0.113. The van der Waals surface area contributed by atoms with Crippen molar-refractivity contribution in [1.82, 2.24) is 9.78 Å². The van der Waals surface area contributed by atoms with Crippen LogP contribution in [0.1, 0.15) is 36.3 Å². The maximum Gasteiger partial charge on any atom is 0.387 e. The molecule has 1 amide bonds. The quantitative estimate of drug-likeness (QED) is 0.807. The van der Waals surface area contributed by atoms with E-state index in [1.807, 2.05) is 13.8 Å². The van der Waals surface area contributed by atoms with Crippen LogP contribution in [0, 0.1) is 0 Å². The Morgan fingerprint density at radius 3 is 2.63 bits per heavy atom. The second-order valence-electron chi connectivity index (χ2n) is 6.19. The summed E-state index contributed by atoms with van der Waals surface area (Å²) in [5.41, 5.74) is 0.734. The minimum Gasteiger partial charge on any atom is -0.493 e. The average molecular weight is 399 g/mol. The highest BCUT2D eigenvalue weighted by Crippen LogP contribution is 2.42. The molecule has 0 radical (unpaired) electrons. The third kappa shape index (κ3) is 3.80. The highest BCUT2D eigenvalue weighted by molar-refractivity contribution is 8.00. The normalized spacial score (nSPS) is 16.9. The van der Waals surface area contributed by atoms with Gasteiger partial charge < -0.3 is 14.8 Å². The first-order valence-electron chi connectivity index (χ1n) is 8.20. The molecule has 0 saturated heterocycles. The molecule has 1 aliphatic heterocycles. The van der Waals surface area contributed by atoms with Crippen molar-refractivity contribution in [3.8, 4) is 11.5 Å². The molecule has 0 fully saturated rings. The molecule has 146 valence electrons. The van der Waals surface area contributed by atoms with Crippen LogP contribution in [0.15, 0.2) is 23.0 Å².